The summed E-state index contributed by atoms with van der Waals surface area (Å²) < 4.78 is 11.5. The molecule has 0 aliphatic carbocycles. The van der Waals surface area contributed by atoms with Gasteiger partial charge in [0.25, 0.3) is 0 Å². The van der Waals surface area contributed by atoms with Crippen LogP contribution in [0.2, 0.25) is 0 Å². The molecule has 3 rings (SSSR count). The molecule has 0 unspecified atom stereocenters. The third-order valence-corrected chi connectivity index (χ3v) is 5.11. The summed E-state index contributed by atoms with van der Waals surface area (Å²) in [6, 6.07) is 0. The lowest BCUT2D eigenvalue weighted by Crippen LogP contribution is -2.56. The molecule has 0 saturated carbocycles. The molecular formula is C14H22N2O2S. The fourth-order valence-electron chi connectivity index (χ4n) is 3.54. The highest BCUT2D eigenvalue weighted by atomic mass is 32.1. The number of nitrogens with zero attached hydrogens (tertiary/aromatic N) is 2. The van der Waals surface area contributed by atoms with Crippen LogP contribution in [0.25, 0.3) is 0 Å². The number of hydrogen-bond donors (Lipinski definition) is 0. The number of fused-ring (bicyclic) bond motifs is 1. The van der Waals surface area contributed by atoms with Gasteiger partial charge in [0.05, 0.1) is 19.3 Å². The Morgan fingerprint density at radius 3 is 3.37 bits per heavy atom. The number of aromatic nitrogens is 1. The second-order valence-corrected chi connectivity index (χ2v) is 6.66. The Morgan fingerprint density at radius 1 is 1.63 bits per heavy atom. The van der Waals surface area contributed by atoms with Crippen molar-refractivity contribution in [2.75, 3.05) is 33.4 Å². The molecule has 1 aromatic rings. The molecule has 2 saturated heterocycles. The molecule has 0 bridgehead atoms. The number of thiazole rings is 1. The molecule has 3 heterocycles. The van der Waals surface area contributed by atoms with E-state index in [1.165, 1.54) is 11.4 Å². The topological polar surface area (TPSA) is 34.6 Å². The molecule has 106 valence electrons. The van der Waals surface area contributed by atoms with Crippen LogP contribution in [0.15, 0.2) is 11.6 Å². The van der Waals surface area contributed by atoms with Crippen LogP contribution in [-0.4, -0.2) is 49.4 Å². The molecule has 0 N–H and O–H groups in total. The summed E-state index contributed by atoms with van der Waals surface area (Å²) in [6.07, 6.45) is 5.77. The van der Waals surface area contributed by atoms with Crippen molar-refractivity contribution in [2.45, 2.75) is 31.9 Å². The molecule has 0 spiro atoms. The molecule has 0 aromatic carbocycles. The highest BCUT2D eigenvalue weighted by Gasteiger charge is 2.45. The number of likely N-dealkylation sites (tertiary alicyclic amines) is 1. The lowest BCUT2D eigenvalue weighted by atomic mass is 9.73. The summed E-state index contributed by atoms with van der Waals surface area (Å²) in [5.74, 6) is 0. The third kappa shape index (κ3) is 2.84. The Labute approximate surface area is 118 Å². The van der Waals surface area contributed by atoms with Crippen molar-refractivity contribution in [1.82, 2.24) is 9.88 Å². The van der Waals surface area contributed by atoms with E-state index >= 15 is 0 Å². The lowest BCUT2D eigenvalue weighted by Gasteiger charge is -2.50. The van der Waals surface area contributed by atoms with Gasteiger partial charge >= 0.3 is 0 Å². The molecular weight excluding hydrogens is 260 g/mol. The molecule has 2 atom stereocenters. The first kappa shape index (κ1) is 13.5. The van der Waals surface area contributed by atoms with Gasteiger partial charge in [-0.05, 0) is 19.3 Å². The smallest absolute Gasteiger partial charge is 0.107 e. The van der Waals surface area contributed by atoms with Crippen molar-refractivity contribution in [3.8, 4) is 0 Å². The molecule has 0 amide bonds. The van der Waals surface area contributed by atoms with E-state index in [0.29, 0.717) is 6.10 Å². The first-order valence-electron chi connectivity index (χ1n) is 7.04. The van der Waals surface area contributed by atoms with Crippen molar-refractivity contribution in [3.05, 3.63) is 16.6 Å². The zero-order valence-corrected chi connectivity index (χ0v) is 12.3. The van der Waals surface area contributed by atoms with E-state index in [1.807, 2.05) is 6.20 Å². The maximum absolute atomic E-state index is 6.00. The monoisotopic (exact) mass is 282 g/mol. The van der Waals surface area contributed by atoms with E-state index in [1.54, 1.807) is 18.4 Å². The minimum atomic E-state index is 0.197. The fraction of sp³-hybridized carbons (Fsp3) is 0.786. The average Bonchev–Trinajstić information content (AvgIpc) is 2.91. The predicted octanol–water partition coefficient (Wildman–Crippen LogP) is 2.16. The zero-order chi connectivity index (χ0) is 13.1. The summed E-state index contributed by atoms with van der Waals surface area (Å²) in [7, 11) is 1.81. The number of ether oxygens (including phenoxy) is 2. The van der Waals surface area contributed by atoms with Gasteiger partial charge in [-0.2, -0.15) is 0 Å². The van der Waals surface area contributed by atoms with E-state index in [2.05, 4.69) is 15.3 Å². The van der Waals surface area contributed by atoms with Crippen molar-refractivity contribution >= 4 is 11.3 Å². The molecule has 1 aromatic heterocycles. The SMILES string of the molecule is COC[C@]12CCCO[C@H]1CCN(Cc1nccs1)C2. The zero-order valence-electron chi connectivity index (χ0n) is 11.5. The third-order valence-electron chi connectivity index (χ3n) is 4.34. The van der Waals surface area contributed by atoms with Gasteiger partial charge in [0.2, 0.25) is 0 Å². The van der Waals surface area contributed by atoms with Crippen LogP contribution in [0.4, 0.5) is 0 Å². The first-order chi connectivity index (χ1) is 9.32. The summed E-state index contributed by atoms with van der Waals surface area (Å²) >= 11 is 1.74. The average molecular weight is 282 g/mol. The van der Waals surface area contributed by atoms with Crippen LogP contribution < -0.4 is 0 Å². The second kappa shape index (κ2) is 5.87. The molecule has 0 radical (unpaired) electrons. The number of methoxy groups -OCH3 is 1. The van der Waals surface area contributed by atoms with Gasteiger partial charge in [-0.1, -0.05) is 0 Å². The number of rotatable bonds is 4. The Bertz CT molecular complexity index is 394. The van der Waals surface area contributed by atoms with E-state index < -0.39 is 0 Å². The normalized spacial score (nSPS) is 32.2. The number of hydrogen-bond acceptors (Lipinski definition) is 5. The van der Waals surface area contributed by atoms with Gasteiger partial charge in [-0.15, -0.1) is 11.3 Å². The van der Waals surface area contributed by atoms with Crippen LogP contribution in [0, 0.1) is 5.41 Å². The molecule has 19 heavy (non-hydrogen) atoms. The summed E-state index contributed by atoms with van der Waals surface area (Å²) in [5, 5.41) is 3.26. The van der Waals surface area contributed by atoms with Gasteiger partial charge in [0, 0.05) is 43.8 Å². The van der Waals surface area contributed by atoms with E-state index in [0.717, 1.165) is 45.7 Å². The second-order valence-electron chi connectivity index (χ2n) is 5.68. The molecule has 2 aliphatic heterocycles. The lowest BCUT2D eigenvalue weighted by molar-refractivity contribution is -0.149. The van der Waals surface area contributed by atoms with Gasteiger partial charge < -0.3 is 9.47 Å². The van der Waals surface area contributed by atoms with Crippen molar-refractivity contribution in [1.29, 1.82) is 0 Å². The Morgan fingerprint density at radius 2 is 2.58 bits per heavy atom. The van der Waals surface area contributed by atoms with E-state index in [9.17, 15) is 0 Å². The van der Waals surface area contributed by atoms with E-state index in [-0.39, 0.29) is 5.41 Å². The Hall–Kier alpha value is -0.490. The highest BCUT2D eigenvalue weighted by molar-refractivity contribution is 7.09. The largest absolute Gasteiger partial charge is 0.384 e. The van der Waals surface area contributed by atoms with Gasteiger partial charge in [-0.25, -0.2) is 4.98 Å². The van der Waals surface area contributed by atoms with Crippen LogP contribution in [0.3, 0.4) is 0 Å². The summed E-state index contributed by atoms with van der Waals surface area (Å²) in [6.45, 7) is 4.88. The van der Waals surface area contributed by atoms with E-state index in [4.69, 9.17) is 9.47 Å². The van der Waals surface area contributed by atoms with Crippen molar-refractivity contribution in [3.63, 3.8) is 0 Å². The molecule has 4 nitrogen and oxygen atoms in total. The minimum absolute atomic E-state index is 0.197. The van der Waals surface area contributed by atoms with Crippen LogP contribution in [-0.2, 0) is 16.0 Å². The van der Waals surface area contributed by atoms with Gasteiger partial charge in [0.15, 0.2) is 0 Å². The molecule has 5 heteroatoms. The Balaban J connectivity index is 1.69. The molecule has 2 fully saturated rings. The van der Waals surface area contributed by atoms with Gasteiger partial charge in [-0.3, -0.25) is 4.90 Å². The van der Waals surface area contributed by atoms with Crippen LogP contribution >= 0.6 is 11.3 Å². The van der Waals surface area contributed by atoms with Gasteiger partial charge in [0.1, 0.15) is 5.01 Å². The minimum Gasteiger partial charge on any atom is -0.384 e. The number of piperidine rings is 1. The predicted molar refractivity (Wildman–Crippen MR) is 75.3 cm³/mol. The highest BCUT2D eigenvalue weighted by Crippen LogP contribution is 2.40. The standard InChI is InChI=1S/C14H22N2O2S/c1-17-11-14-4-2-7-18-12(14)3-6-16(10-14)9-13-15-5-8-19-13/h5,8,12H,2-4,6-7,9-11H2,1H3/t12-,14+/m0/s1. The maximum atomic E-state index is 6.00. The van der Waals surface area contributed by atoms with Crippen molar-refractivity contribution < 1.29 is 9.47 Å². The van der Waals surface area contributed by atoms with Crippen molar-refractivity contribution in [2.24, 2.45) is 5.41 Å². The summed E-state index contributed by atoms with van der Waals surface area (Å²) in [4.78, 5) is 6.91. The van der Waals surface area contributed by atoms with Crippen LogP contribution in [0.5, 0.6) is 0 Å². The first-order valence-corrected chi connectivity index (χ1v) is 7.92. The summed E-state index contributed by atoms with van der Waals surface area (Å²) in [5.41, 5.74) is 0.197. The quantitative estimate of drug-likeness (QED) is 0.847. The maximum Gasteiger partial charge on any atom is 0.107 e. The Kier molecular flexibility index (Phi) is 4.17. The fourth-order valence-corrected chi connectivity index (χ4v) is 4.20. The van der Waals surface area contributed by atoms with Crippen LogP contribution in [0.1, 0.15) is 24.3 Å². The molecule has 2 aliphatic rings.